The average molecular weight is 384 g/mol. The number of pyridine rings is 1. The van der Waals surface area contributed by atoms with Crippen molar-refractivity contribution in [3.05, 3.63) is 73.1 Å². The summed E-state index contributed by atoms with van der Waals surface area (Å²) in [6, 6.07) is 20.4. The fraction of sp³-hybridized carbons (Fsp3) is 0.250. The van der Waals surface area contributed by atoms with Gasteiger partial charge < -0.3 is 9.64 Å². The molecule has 5 rings (SSSR count). The van der Waals surface area contributed by atoms with Gasteiger partial charge in [-0.25, -0.2) is 0 Å². The van der Waals surface area contributed by atoms with Gasteiger partial charge in [0.1, 0.15) is 17.2 Å². The van der Waals surface area contributed by atoms with Gasteiger partial charge in [-0.05, 0) is 68.9 Å². The Kier molecular flexibility index (Phi) is 4.74. The number of likely N-dealkylation sites (N-methyl/N-ethyl adjacent to an activating group) is 1. The molecule has 2 aromatic carbocycles. The maximum atomic E-state index is 5.93. The van der Waals surface area contributed by atoms with Crippen LogP contribution < -0.4 is 4.74 Å². The van der Waals surface area contributed by atoms with Gasteiger partial charge in [0.25, 0.3) is 0 Å². The Hall–Kier alpha value is -3.18. The lowest BCUT2D eigenvalue weighted by atomic mass is 10.1. The van der Waals surface area contributed by atoms with E-state index in [-0.39, 0.29) is 0 Å². The molecule has 0 amide bonds. The largest absolute Gasteiger partial charge is 0.457 e. The Morgan fingerprint density at radius 1 is 0.966 bits per heavy atom. The molecule has 0 N–H and O–H groups in total. The Bertz CT molecular complexity index is 1100. The Morgan fingerprint density at radius 3 is 2.55 bits per heavy atom. The second kappa shape index (κ2) is 7.68. The van der Waals surface area contributed by atoms with Gasteiger partial charge in [-0.15, -0.1) is 0 Å². The van der Waals surface area contributed by atoms with Crippen LogP contribution in [0.5, 0.6) is 11.5 Å². The molecular weight excluding hydrogens is 360 g/mol. The maximum Gasteiger partial charge on any atom is 0.127 e. The van der Waals surface area contributed by atoms with Crippen molar-refractivity contribution in [1.29, 1.82) is 0 Å². The van der Waals surface area contributed by atoms with Gasteiger partial charge in [0, 0.05) is 29.9 Å². The van der Waals surface area contributed by atoms with Crippen molar-refractivity contribution in [3.63, 3.8) is 0 Å². The lowest BCUT2D eigenvalue weighted by molar-refractivity contribution is 0.206. The van der Waals surface area contributed by atoms with E-state index in [2.05, 4.69) is 39.8 Å². The van der Waals surface area contributed by atoms with Crippen molar-refractivity contribution in [2.45, 2.75) is 18.9 Å². The summed E-state index contributed by atoms with van der Waals surface area (Å²) in [6.45, 7) is 2.19. The summed E-state index contributed by atoms with van der Waals surface area (Å²) in [5.74, 6) is 1.65. The van der Waals surface area contributed by atoms with Gasteiger partial charge in [0.2, 0.25) is 0 Å². The molecule has 3 heterocycles. The van der Waals surface area contributed by atoms with E-state index in [4.69, 9.17) is 9.84 Å². The number of hydrogen-bond donors (Lipinski definition) is 0. The molecule has 1 atom stereocenters. The first-order chi connectivity index (χ1) is 14.3. The molecule has 0 radical (unpaired) electrons. The van der Waals surface area contributed by atoms with E-state index in [1.807, 2.05) is 54.9 Å². The first-order valence-corrected chi connectivity index (χ1v) is 10.1. The molecule has 5 nitrogen and oxygen atoms in total. The van der Waals surface area contributed by atoms with Crippen LogP contribution in [0.2, 0.25) is 0 Å². The fourth-order valence-electron chi connectivity index (χ4n) is 4.12. The Morgan fingerprint density at radius 2 is 1.76 bits per heavy atom. The number of para-hydroxylation sites is 1. The second-order valence-corrected chi connectivity index (χ2v) is 7.68. The predicted octanol–water partition coefficient (Wildman–Crippen LogP) is 5.16. The number of fused-ring (bicyclic) bond motifs is 1. The quantitative estimate of drug-likeness (QED) is 0.488. The number of ether oxygens (including phenoxy) is 1. The predicted molar refractivity (Wildman–Crippen MR) is 115 cm³/mol. The van der Waals surface area contributed by atoms with E-state index in [1.165, 1.54) is 6.42 Å². The number of nitrogens with zero attached hydrogens (tertiary/aromatic N) is 4. The lowest BCUT2D eigenvalue weighted by Gasteiger charge is -2.30. The van der Waals surface area contributed by atoms with E-state index in [9.17, 15) is 0 Å². The van der Waals surface area contributed by atoms with E-state index in [0.29, 0.717) is 6.04 Å². The molecule has 1 aliphatic rings. The fourth-order valence-corrected chi connectivity index (χ4v) is 4.12. The smallest absolute Gasteiger partial charge is 0.127 e. The highest BCUT2D eigenvalue weighted by atomic mass is 16.5. The first kappa shape index (κ1) is 17.9. The number of likely N-dealkylation sites (tertiary alicyclic amines) is 1. The van der Waals surface area contributed by atoms with Crippen molar-refractivity contribution in [3.8, 4) is 22.8 Å². The third-order valence-corrected chi connectivity index (χ3v) is 5.56. The van der Waals surface area contributed by atoms with Gasteiger partial charge >= 0.3 is 0 Å². The molecule has 146 valence electrons. The molecule has 0 aliphatic carbocycles. The molecule has 29 heavy (non-hydrogen) atoms. The van der Waals surface area contributed by atoms with Crippen LogP contribution in [-0.2, 0) is 0 Å². The summed E-state index contributed by atoms with van der Waals surface area (Å²) >= 11 is 0. The summed E-state index contributed by atoms with van der Waals surface area (Å²) in [6.07, 6.45) is 6.14. The standard InChI is InChI=1S/C24H24N4O/c1-27-15-5-6-19(17-27)28-23-13-14-25-16-22(23)24(26-28)18-9-11-21(12-10-18)29-20-7-3-2-4-8-20/h2-4,7-14,16,19H,5-6,15,17H2,1H3. The van der Waals surface area contributed by atoms with Crippen molar-refractivity contribution < 1.29 is 4.74 Å². The molecule has 0 spiro atoms. The molecule has 5 heteroatoms. The zero-order valence-electron chi connectivity index (χ0n) is 16.5. The van der Waals surface area contributed by atoms with Crippen molar-refractivity contribution in [1.82, 2.24) is 19.7 Å². The zero-order chi connectivity index (χ0) is 19.6. The van der Waals surface area contributed by atoms with E-state index >= 15 is 0 Å². The van der Waals surface area contributed by atoms with Crippen LogP contribution in [0, 0.1) is 0 Å². The molecule has 1 aliphatic heterocycles. The second-order valence-electron chi connectivity index (χ2n) is 7.68. The lowest BCUT2D eigenvalue weighted by Crippen LogP contribution is -2.33. The number of benzene rings is 2. The molecule has 4 aromatic rings. The van der Waals surface area contributed by atoms with Crippen LogP contribution in [-0.4, -0.2) is 39.8 Å². The highest BCUT2D eigenvalue weighted by molar-refractivity contribution is 5.92. The SMILES string of the molecule is CN1CCCC(n2nc(-c3ccc(Oc4ccccc4)cc3)c3cnccc32)C1. The minimum Gasteiger partial charge on any atom is -0.457 e. The third-order valence-electron chi connectivity index (χ3n) is 5.56. The Labute approximate surface area is 170 Å². The number of aromatic nitrogens is 3. The summed E-state index contributed by atoms with van der Waals surface area (Å²) < 4.78 is 8.13. The van der Waals surface area contributed by atoms with E-state index in [1.54, 1.807) is 0 Å². The van der Waals surface area contributed by atoms with Gasteiger partial charge in [0.15, 0.2) is 0 Å². The molecular formula is C24H24N4O. The number of piperidine rings is 1. The van der Waals surface area contributed by atoms with Crippen LogP contribution in [0.4, 0.5) is 0 Å². The van der Waals surface area contributed by atoms with Gasteiger partial charge in [0.05, 0.1) is 11.6 Å². The third kappa shape index (κ3) is 3.61. The van der Waals surface area contributed by atoms with Crippen molar-refractivity contribution >= 4 is 10.9 Å². The van der Waals surface area contributed by atoms with E-state index in [0.717, 1.165) is 53.2 Å². The molecule has 0 saturated carbocycles. The van der Waals surface area contributed by atoms with Crippen LogP contribution in [0.1, 0.15) is 18.9 Å². The highest BCUT2D eigenvalue weighted by Crippen LogP contribution is 2.33. The summed E-state index contributed by atoms with van der Waals surface area (Å²) in [5, 5.41) is 6.14. The Balaban J connectivity index is 1.48. The zero-order valence-corrected chi connectivity index (χ0v) is 16.5. The van der Waals surface area contributed by atoms with Gasteiger partial charge in [-0.2, -0.15) is 5.10 Å². The van der Waals surface area contributed by atoms with Crippen molar-refractivity contribution in [2.75, 3.05) is 20.1 Å². The minimum absolute atomic E-state index is 0.396. The summed E-state index contributed by atoms with van der Waals surface area (Å²) in [5.41, 5.74) is 3.21. The van der Waals surface area contributed by atoms with Gasteiger partial charge in [-0.1, -0.05) is 18.2 Å². The average Bonchev–Trinajstić information content (AvgIpc) is 3.15. The molecule has 1 unspecified atom stereocenters. The van der Waals surface area contributed by atoms with Gasteiger partial charge in [-0.3, -0.25) is 9.67 Å². The number of hydrogen-bond acceptors (Lipinski definition) is 4. The van der Waals surface area contributed by atoms with Crippen LogP contribution >= 0.6 is 0 Å². The maximum absolute atomic E-state index is 5.93. The first-order valence-electron chi connectivity index (χ1n) is 10.1. The van der Waals surface area contributed by atoms with E-state index < -0.39 is 0 Å². The highest BCUT2D eigenvalue weighted by Gasteiger charge is 2.23. The monoisotopic (exact) mass is 384 g/mol. The molecule has 0 bridgehead atoms. The minimum atomic E-state index is 0.396. The molecule has 2 aromatic heterocycles. The van der Waals surface area contributed by atoms with Crippen LogP contribution in [0.25, 0.3) is 22.2 Å². The number of rotatable bonds is 4. The molecule has 1 saturated heterocycles. The normalized spacial score (nSPS) is 17.5. The summed E-state index contributed by atoms with van der Waals surface area (Å²) in [7, 11) is 2.19. The van der Waals surface area contributed by atoms with Crippen LogP contribution in [0.15, 0.2) is 73.1 Å². The topological polar surface area (TPSA) is 43.2 Å². The summed E-state index contributed by atoms with van der Waals surface area (Å²) in [4.78, 5) is 6.74. The van der Waals surface area contributed by atoms with Crippen molar-refractivity contribution in [2.24, 2.45) is 0 Å². The molecule has 1 fully saturated rings. The van der Waals surface area contributed by atoms with Crippen LogP contribution in [0.3, 0.4) is 0 Å².